The fourth-order valence-electron chi connectivity index (χ4n) is 6.56. The molecule has 0 N–H and O–H groups in total. The summed E-state index contributed by atoms with van der Waals surface area (Å²) in [6, 6.07) is 18.4. The highest BCUT2D eigenvalue weighted by Gasteiger charge is 2.52. The van der Waals surface area contributed by atoms with Crippen molar-refractivity contribution in [2.24, 2.45) is 0 Å². The first-order valence-electron chi connectivity index (χ1n) is 16.2. The number of nitriles is 1. The van der Waals surface area contributed by atoms with Crippen LogP contribution in [0.3, 0.4) is 0 Å². The van der Waals surface area contributed by atoms with E-state index >= 15 is 35.1 Å². The summed E-state index contributed by atoms with van der Waals surface area (Å²) in [5.74, 6) is -71.4. The van der Waals surface area contributed by atoms with Crippen LogP contribution in [-0.2, 0) is 13.0 Å². The first kappa shape index (κ1) is 45.5. The molecule has 0 fully saturated rings. The van der Waals surface area contributed by atoms with E-state index in [1.807, 2.05) is 42.6 Å². The van der Waals surface area contributed by atoms with E-state index in [1.54, 1.807) is 0 Å². The normalized spacial score (nSPS) is 11.4. The average molecular weight is 888 g/mol. The molecule has 23 heteroatoms. The maximum Gasteiger partial charge on any atom is 0.200 e. The molecule has 6 rings (SSSR count). The maximum atomic E-state index is 15.4. The number of rotatable bonds is 7. The molecule has 2 nitrogen and oxygen atoms in total. The van der Waals surface area contributed by atoms with Gasteiger partial charge in [0.05, 0.1) is 6.07 Å². The minimum atomic E-state index is -7.22. The summed E-state index contributed by atoms with van der Waals surface area (Å²) in [7, 11) is 0. The van der Waals surface area contributed by atoms with Gasteiger partial charge in [-0.15, -0.1) is 21.9 Å². The Morgan fingerprint density at radius 3 is 0.902 bits per heavy atom. The summed E-state index contributed by atoms with van der Waals surface area (Å²) in [4.78, 5) is 0. The molecule has 0 radical (unpaired) electrons. The molecule has 0 saturated carbocycles. The van der Waals surface area contributed by atoms with Crippen LogP contribution in [0.25, 0.3) is 0 Å². The third kappa shape index (κ3) is 7.26. The van der Waals surface area contributed by atoms with Crippen molar-refractivity contribution in [2.75, 3.05) is 0 Å². The highest BCUT2D eigenvalue weighted by atomic mass is 19.2. The van der Waals surface area contributed by atoms with Gasteiger partial charge in [0, 0.05) is 17.7 Å². The SMILES string of the molecule is Fc1c(F)c(F)c([B-](c2c(F)c(F)c(F)c(F)c2F)(c2c(F)c(F)c(F)c(F)c2F)c2c(F)c(F)c(F)c(F)c2F)c(F)c1F.N#CCc1cccc[n+]1Cc1ccccc1. The number of halogens is 20. The van der Waals surface area contributed by atoms with E-state index in [0.717, 1.165) is 12.2 Å². The van der Waals surface area contributed by atoms with Crippen LogP contribution in [0, 0.1) is 128 Å². The van der Waals surface area contributed by atoms with Gasteiger partial charge >= 0.3 is 0 Å². The Labute approximate surface area is 327 Å². The van der Waals surface area contributed by atoms with E-state index in [9.17, 15) is 52.7 Å². The first-order chi connectivity index (χ1) is 28.6. The monoisotopic (exact) mass is 888 g/mol. The van der Waals surface area contributed by atoms with Crippen LogP contribution < -0.4 is 26.4 Å². The van der Waals surface area contributed by atoms with Crippen LogP contribution in [0.15, 0.2) is 54.7 Å². The van der Waals surface area contributed by atoms with Gasteiger partial charge in [0.2, 0.25) is 0 Å². The van der Waals surface area contributed by atoms with Gasteiger partial charge in [-0.25, -0.2) is 87.8 Å². The Morgan fingerprint density at radius 2 is 0.623 bits per heavy atom. The van der Waals surface area contributed by atoms with Crippen molar-refractivity contribution in [3.8, 4) is 6.07 Å². The van der Waals surface area contributed by atoms with Crippen molar-refractivity contribution in [3.63, 3.8) is 0 Å². The zero-order chi connectivity index (χ0) is 45.6. The highest BCUT2D eigenvalue weighted by Crippen LogP contribution is 2.30. The van der Waals surface area contributed by atoms with E-state index in [1.165, 1.54) is 5.56 Å². The lowest BCUT2D eigenvalue weighted by Gasteiger charge is -2.44. The zero-order valence-corrected chi connectivity index (χ0v) is 29.1. The van der Waals surface area contributed by atoms with Gasteiger partial charge in [-0.3, -0.25) is 0 Å². The summed E-state index contributed by atoms with van der Waals surface area (Å²) in [5.41, 5.74) is -12.0. The molecular formula is C38H13BF20N2. The molecule has 61 heavy (non-hydrogen) atoms. The minimum Gasteiger partial charge on any atom is -0.207 e. The van der Waals surface area contributed by atoms with E-state index in [2.05, 4.69) is 22.8 Å². The van der Waals surface area contributed by atoms with Gasteiger partial charge in [-0.1, -0.05) is 36.4 Å². The van der Waals surface area contributed by atoms with Gasteiger partial charge in [-0.2, -0.15) is 9.83 Å². The van der Waals surface area contributed by atoms with Crippen LogP contribution in [0.4, 0.5) is 87.8 Å². The topological polar surface area (TPSA) is 27.7 Å². The quantitative estimate of drug-likeness (QED) is 0.0527. The van der Waals surface area contributed by atoms with Gasteiger partial charge in [0.15, 0.2) is 88.2 Å². The fourth-order valence-corrected chi connectivity index (χ4v) is 6.56. The van der Waals surface area contributed by atoms with Gasteiger partial charge < -0.3 is 0 Å². The predicted molar refractivity (Wildman–Crippen MR) is 171 cm³/mol. The van der Waals surface area contributed by atoms with Crippen molar-refractivity contribution in [1.29, 1.82) is 5.26 Å². The number of pyridine rings is 1. The van der Waals surface area contributed by atoms with Crippen molar-refractivity contribution in [2.45, 2.75) is 13.0 Å². The zero-order valence-electron chi connectivity index (χ0n) is 29.1. The van der Waals surface area contributed by atoms with Crippen molar-refractivity contribution in [1.82, 2.24) is 0 Å². The van der Waals surface area contributed by atoms with Crippen LogP contribution >= 0.6 is 0 Å². The van der Waals surface area contributed by atoms with Gasteiger partial charge in [-0.05, 0) is 0 Å². The summed E-state index contributed by atoms with van der Waals surface area (Å²) in [6.45, 7) is 0.818. The first-order valence-corrected chi connectivity index (χ1v) is 16.2. The number of benzene rings is 5. The Kier molecular flexibility index (Phi) is 12.8. The summed E-state index contributed by atoms with van der Waals surface area (Å²) >= 11 is 0. The van der Waals surface area contributed by atoms with Crippen LogP contribution in [0.2, 0.25) is 0 Å². The molecule has 0 amide bonds. The molecule has 0 spiro atoms. The molecule has 1 aromatic heterocycles. The fraction of sp³-hybridized carbons (Fsp3) is 0.0526. The summed E-state index contributed by atoms with van der Waals surface area (Å²) in [5, 5.41) is 8.75. The Balaban J connectivity index is 0.000000366. The van der Waals surface area contributed by atoms with E-state index < -0.39 is 144 Å². The van der Waals surface area contributed by atoms with Crippen LogP contribution in [0.1, 0.15) is 11.3 Å². The largest absolute Gasteiger partial charge is 0.207 e. The standard InChI is InChI=1S/C24BF20.C14H13N2/c26-5-1(6(27)14(35)21(42)13(5)34)25(2-7(28)15(36)22(43)16(37)8(2)29,3-9(30)17(38)23(44)18(39)10(3)31)4-11(32)19(40)24(45)20(41)12(4)33;15-10-9-14-8-4-5-11-16(14)12-13-6-2-1-3-7-13/h;1-8,11H,9,12H2/q-1;+1. The molecule has 0 aliphatic rings. The molecule has 0 bridgehead atoms. The average Bonchev–Trinajstić information content (AvgIpc) is 3.25. The lowest BCUT2D eigenvalue weighted by atomic mass is 9.12. The van der Waals surface area contributed by atoms with Gasteiger partial charge in [0.1, 0.15) is 59.1 Å². The number of nitrogens with zero attached hydrogens (tertiary/aromatic N) is 2. The predicted octanol–water partition coefficient (Wildman–Crippen LogP) is 7.93. The van der Waals surface area contributed by atoms with Crippen molar-refractivity contribution < 1.29 is 92.4 Å². The van der Waals surface area contributed by atoms with Gasteiger partial charge in [0.25, 0.3) is 0 Å². The Bertz CT molecular complexity index is 2390. The Morgan fingerprint density at radius 1 is 0.361 bits per heavy atom. The molecule has 6 aromatic rings. The molecule has 0 atom stereocenters. The van der Waals surface area contributed by atoms with Crippen molar-refractivity contribution in [3.05, 3.63) is 182 Å². The second-order valence-electron chi connectivity index (χ2n) is 12.4. The van der Waals surface area contributed by atoms with E-state index in [-0.39, 0.29) is 0 Å². The highest BCUT2D eigenvalue weighted by molar-refractivity contribution is 7.20. The number of hydrogen-bond donors (Lipinski definition) is 0. The third-order valence-corrected chi connectivity index (χ3v) is 9.20. The second kappa shape index (κ2) is 17.2. The molecule has 318 valence electrons. The van der Waals surface area contributed by atoms with Crippen LogP contribution in [-0.4, -0.2) is 6.15 Å². The summed E-state index contributed by atoms with van der Waals surface area (Å²) in [6.07, 6.45) is -4.75. The molecule has 0 unspecified atom stereocenters. The Hall–Kier alpha value is -6.60. The smallest absolute Gasteiger partial charge is 0.200 e. The summed E-state index contributed by atoms with van der Waals surface area (Å²) < 4.78 is 296. The lowest BCUT2D eigenvalue weighted by molar-refractivity contribution is -0.695. The minimum absolute atomic E-state index is 0.452. The molecule has 5 aromatic carbocycles. The molecule has 0 aliphatic carbocycles. The molecule has 0 aliphatic heterocycles. The van der Waals surface area contributed by atoms with Crippen molar-refractivity contribution >= 4 is 28.0 Å². The third-order valence-electron chi connectivity index (χ3n) is 9.20. The second-order valence-corrected chi connectivity index (χ2v) is 12.4. The molecule has 0 saturated heterocycles. The molecule has 1 heterocycles. The van der Waals surface area contributed by atoms with E-state index in [0.29, 0.717) is 6.42 Å². The lowest BCUT2D eigenvalue weighted by Crippen LogP contribution is -2.81. The molecular weight excluding hydrogens is 875 g/mol. The van der Waals surface area contributed by atoms with E-state index in [4.69, 9.17) is 5.26 Å². The maximum absolute atomic E-state index is 15.4. The van der Waals surface area contributed by atoms with Crippen LogP contribution in [0.5, 0.6) is 0 Å². The number of aromatic nitrogens is 1. The number of hydrogen-bond acceptors (Lipinski definition) is 1.